The SMILES string of the molecule is CCNc1ncnc(Nc2cccc(Cl)c2C)c1[N+](=O)[O-]. The number of hydrogen-bond donors (Lipinski definition) is 2. The summed E-state index contributed by atoms with van der Waals surface area (Å²) in [4.78, 5) is 18.6. The lowest BCUT2D eigenvalue weighted by molar-refractivity contribution is -0.383. The van der Waals surface area contributed by atoms with E-state index in [9.17, 15) is 10.1 Å². The molecule has 0 aliphatic rings. The van der Waals surface area contributed by atoms with Crippen molar-refractivity contribution in [2.45, 2.75) is 13.8 Å². The maximum atomic E-state index is 11.3. The molecule has 0 atom stereocenters. The fourth-order valence-corrected chi connectivity index (χ4v) is 1.98. The molecule has 0 aliphatic heterocycles. The van der Waals surface area contributed by atoms with Crippen LogP contribution in [0.25, 0.3) is 0 Å². The number of benzene rings is 1. The van der Waals surface area contributed by atoms with Gasteiger partial charge in [-0.05, 0) is 31.5 Å². The second kappa shape index (κ2) is 6.36. The first-order chi connectivity index (χ1) is 10.0. The summed E-state index contributed by atoms with van der Waals surface area (Å²) in [5, 5.41) is 17.6. The molecule has 8 heteroatoms. The summed E-state index contributed by atoms with van der Waals surface area (Å²) in [6.07, 6.45) is 1.27. The smallest absolute Gasteiger partial charge is 0.353 e. The van der Waals surface area contributed by atoms with Crippen molar-refractivity contribution < 1.29 is 4.92 Å². The van der Waals surface area contributed by atoms with Crippen molar-refractivity contribution in [3.63, 3.8) is 0 Å². The number of hydrogen-bond acceptors (Lipinski definition) is 6. The topological polar surface area (TPSA) is 93.0 Å². The number of rotatable bonds is 5. The monoisotopic (exact) mass is 307 g/mol. The molecule has 0 bridgehead atoms. The normalized spacial score (nSPS) is 10.2. The fourth-order valence-electron chi connectivity index (χ4n) is 1.81. The lowest BCUT2D eigenvalue weighted by Gasteiger charge is -2.11. The molecule has 0 radical (unpaired) electrons. The highest BCUT2D eigenvalue weighted by Crippen LogP contribution is 2.33. The standard InChI is InChI=1S/C13H14ClN5O2/c1-3-15-12-11(19(20)21)13(17-7-16-12)18-10-6-4-5-9(14)8(10)2/h4-7H,3H2,1-2H3,(H2,15,16,17,18). The van der Waals surface area contributed by atoms with Crippen LogP contribution >= 0.6 is 11.6 Å². The molecule has 0 saturated carbocycles. The van der Waals surface area contributed by atoms with Crippen LogP contribution in [-0.2, 0) is 0 Å². The van der Waals surface area contributed by atoms with Gasteiger partial charge >= 0.3 is 5.69 Å². The molecule has 0 unspecified atom stereocenters. The zero-order valence-corrected chi connectivity index (χ0v) is 12.3. The van der Waals surface area contributed by atoms with E-state index in [-0.39, 0.29) is 17.3 Å². The van der Waals surface area contributed by atoms with Crippen molar-refractivity contribution in [2.75, 3.05) is 17.2 Å². The highest BCUT2D eigenvalue weighted by molar-refractivity contribution is 6.31. The van der Waals surface area contributed by atoms with Crippen LogP contribution in [0, 0.1) is 17.0 Å². The molecule has 0 aliphatic carbocycles. The van der Waals surface area contributed by atoms with Gasteiger partial charge in [0.05, 0.1) is 4.92 Å². The highest BCUT2D eigenvalue weighted by Gasteiger charge is 2.23. The van der Waals surface area contributed by atoms with Crippen LogP contribution in [0.2, 0.25) is 5.02 Å². The van der Waals surface area contributed by atoms with Crippen molar-refractivity contribution in [3.8, 4) is 0 Å². The molecule has 0 saturated heterocycles. The number of nitrogens with zero attached hydrogens (tertiary/aromatic N) is 3. The average molecular weight is 308 g/mol. The van der Waals surface area contributed by atoms with Crippen molar-refractivity contribution in [1.82, 2.24) is 9.97 Å². The number of halogens is 1. The molecule has 110 valence electrons. The Morgan fingerprint density at radius 1 is 1.33 bits per heavy atom. The highest BCUT2D eigenvalue weighted by atomic mass is 35.5. The van der Waals surface area contributed by atoms with Gasteiger partial charge in [-0.1, -0.05) is 17.7 Å². The van der Waals surface area contributed by atoms with Gasteiger partial charge in [0.15, 0.2) is 0 Å². The van der Waals surface area contributed by atoms with E-state index < -0.39 is 4.92 Å². The minimum atomic E-state index is -0.514. The number of anilines is 3. The van der Waals surface area contributed by atoms with Crippen LogP contribution in [0.5, 0.6) is 0 Å². The van der Waals surface area contributed by atoms with Gasteiger partial charge in [-0.25, -0.2) is 9.97 Å². The molecule has 7 nitrogen and oxygen atoms in total. The Balaban J connectivity index is 2.46. The number of nitrogens with one attached hydrogen (secondary N) is 2. The molecule has 0 amide bonds. The summed E-state index contributed by atoms with van der Waals surface area (Å²) >= 11 is 6.04. The van der Waals surface area contributed by atoms with E-state index in [0.717, 1.165) is 5.56 Å². The Morgan fingerprint density at radius 3 is 2.71 bits per heavy atom. The lowest BCUT2D eigenvalue weighted by atomic mass is 10.2. The van der Waals surface area contributed by atoms with Gasteiger partial charge in [0.1, 0.15) is 6.33 Å². The molecular formula is C13H14ClN5O2. The van der Waals surface area contributed by atoms with Gasteiger partial charge in [0, 0.05) is 17.3 Å². The van der Waals surface area contributed by atoms with E-state index in [0.29, 0.717) is 17.3 Å². The summed E-state index contributed by atoms with van der Waals surface area (Å²) in [5.74, 6) is 0.302. The van der Waals surface area contributed by atoms with Gasteiger partial charge in [-0.3, -0.25) is 10.1 Å². The number of nitro groups is 1. The van der Waals surface area contributed by atoms with Crippen LogP contribution in [0.15, 0.2) is 24.5 Å². The molecule has 0 fully saturated rings. The van der Waals surface area contributed by atoms with Crippen LogP contribution in [0.4, 0.5) is 23.0 Å². The van der Waals surface area contributed by atoms with Crippen LogP contribution in [0.1, 0.15) is 12.5 Å². The molecule has 1 aromatic heterocycles. The van der Waals surface area contributed by atoms with Gasteiger partial charge in [0.25, 0.3) is 0 Å². The van der Waals surface area contributed by atoms with Gasteiger partial charge in [0.2, 0.25) is 11.6 Å². The molecular weight excluding hydrogens is 294 g/mol. The quantitative estimate of drug-likeness (QED) is 0.648. The third-order valence-corrected chi connectivity index (χ3v) is 3.28. The third-order valence-electron chi connectivity index (χ3n) is 2.87. The fraction of sp³-hybridized carbons (Fsp3) is 0.231. The molecule has 2 N–H and O–H groups in total. The van der Waals surface area contributed by atoms with Crippen molar-refractivity contribution in [2.24, 2.45) is 0 Å². The maximum absolute atomic E-state index is 11.3. The Kier molecular flexibility index (Phi) is 4.54. The second-order valence-corrected chi connectivity index (χ2v) is 4.65. The molecule has 21 heavy (non-hydrogen) atoms. The van der Waals surface area contributed by atoms with Crippen LogP contribution < -0.4 is 10.6 Å². The van der Waals surface area contributed by atoms with E-state index in [2.05, 4.69) is 20.6 Å². The largest absolute Gasteiger partial charge is 0.364 e. The van der Waals surface area contributed by atoms with Gasteiger partial charge in [-0.2, -0.15) is 0 Å². The average Bonchev–Trinajstić information content (AvgIpc) is 2.44. The Bertz CT molecular complexity index is 678. The second-order valence-electron chi connectivity index (χ2n) is 4.24. The van der Waals surface area contributed by atoms with Crippen molar-refractivity contribution in [1.29, 1.82) is 0 Å². The van der Waals surface area contributed by atoms with E-state index in [1.165, 1.54) is 6.33 Å². The zero-order valence-electron chi connectivity index (χ0n) is 11.6. The molecule has 1 aromatic carbocycles. The van der Waals surface area contributed by atoms with Crippen LogP contribution in [-0.4, -0.2) is 21.4 Å². The summed E-state index contributed by atoms with van der Waals surface area (Å²) in [5.41, 5.74) is 1.25. The summed E-state index contributed by atoms with van der Waals surface area (Å²) < 4.78 is 0. The predicted octanol–water partition coefficient (Wildman–Crippen LogP) is 3.52. The summed E-state index contributed by atoms with van der Waals surface area (Å²) in [7, 11) is 0. The van der Waals surface area contributed by atoms with Crippen LogP contribution in [0.3, 0.4) is 0 Å². The predicted molar refractivity (Wildman–Crippen MR) is 82.3 cm³/mol. The van der Waals surface area contributed by atoms with E-state index in [4.69, 9.17) is 11.6 Å². The van der Waals surface area contributed by atoms with E-state index in [1.807, 2.05) is 13.8 Å². The van der Waals surface area contributed by atoms with Gasteiger partial charge in [-0.15, -0.1) is 0 Å². The Morgan fingerprint density at radius 2 is 2.05 bits per heavy atom. The number of aromatic nitrogens is 2. The maximum Gasteiger partial charge on any atom is 0.353 e. The third kappa shape index (κ3) is 3.19. The van der Waals surface area contributed by atoms with E-state index >= 15 is 0 Å². The zero-order chi connectivity index (χ0) is 15.4. The van der Waals surface area contributed by atoms with Crippen molar-refractivity contribution in [3.05, 3.63) is 45.2 Å². The molecule has 0 spiro atoms. The molecule has 1 heterocycles. The lowest BCUT2D eigenvalue weighted by Crippen LogP contribution is -2.08. The molecule has 2 rings (SSSR count). The first-order valence-electron chi connectivity index (χ1n) is 6.30. The summed E-state index contributed by atoms with van der Waals surface area (Å²) in [6.45, 7) is 4.18. The molecule has 2 aromatic rings. The Hall–Kier alpha value is -2.41. The Labute approximate surface area is 126 Å². The summed E-state index contributed by atoms with van der Waals surface area (Å²) in [6, 6.07) is 5.29. The van der Waals surface area contributed by atoms with Crippen molar-refractivity contribution >= 4 is 34.6 Å². The minimum absolute atomic E-state index is 0.122. The first-order valence-corrected chi connectivity index (χ1v) is 6.67. The first kappa shape index (κ1) is 15.0. The minimum Gasteiger partial charge on any atom is -0.364 e. The van der Waals surface area contributed by atoms with E-state index in [1.54, 1.807) is 18.2 Å². The van der Waals surface area contributed by atoms with Gasteiger partial charge < -0.3 is 10.6 Å².